The van der Waals surface area contributed by atoms with E-state index >= 15 is 0 Å². The van der Waals surface area contributed by atoms with Crippen LogP contribution in [-0.2, 0) is 19.6 Å². The fourth-order valence-electron chi connectivity index (χ4n) is 2.81. The summed E-state index contributed by atoms with van der Waals surface area (Å²) in [5, 5.41) is 2.70. The van der Waals surface area contributed by atoms with E-state index in [4.69, 9.17) is 15.2 Å². The zero-order valence-corrected chi connectivity index (χ0v) is 17.3. The molecule has 1 aromatic carbocycles. The number of hydrogen-bond donors (Lipinski definition) is 2. The summed E-state index contributed by atoms with van der Waals surface area (Å²) in [7, 11) is -2.18. The van der Waals surface area contributed by atoms with E-state index < -0.39 is 10.0 Å². The molecular weight excluding hydrogens is 394 g/mol. The summed E-state index contributed by atoms with van der Waals surface area (Å²) in [5.41, 5.74) is 5.91. The lowest BCUT2D eigenvalue weighted by molar-refractivity contribution is -0.118. The average Bonchev–Trinajstić information content (AvgIpc) is 3.16. The van der Waals surface area contributed by atoms with Gasteiger partial charge in [-0.2, -0.15) is 4.31 Å². The molecule has 8 nitrogen and oxygen atoms in total. The first kappa shape index (κ1) is 23.6. The van der Waals surface area contributed by atoms with Gasteiger partial charge in [0.2, 0.25) is 15.9 Å². The molecule has 1 saturated heterocycles. The highest BCUT2D eigenvalue weighted by molar-refractivity contribution is 7.89. The minimum absolute atomic E-state index is 0. The number of sulfonamides is 1. The van der Waals surface area contributed by atoms with Gasteiger partial charge in [0.25, 0.3) is 0 Å². The largest absolute Gasteiger partial charge is 0.492 e. The summed E-state index contributed by atoms with van der Waals surface area (Å²) in [4.78, 5) is 12.2. The molecule has 1 unspecified atom stereocenters. The minimum Gasteiger partial charge on any atom is -0.492 e. The van der Waals surface area contributed by atoms with Crippen molar-refractivity contribution in [2.75, 3.05) is 38.7 Å². The van der Waals surface area contributed by atoms with Crippen LogP contribution in [0.5, 0.6) is 5.75 Å². The van der Waals surface area contributed by atoms with Crippen molar-refractivity contribution in [3.05, 3.63) is 18.2 Å². The number of amides is 1. The van der Waals surface area contributed by atoms with Gasteiger partial charge < -0.3 is 20.5 Å². The van der Waals surface area contributed by atoms with Crippen LogP contribution in [0.15, 0.2) is 23.1 Å². The standard InChI is InChI=1S/C17H27N3O5S.ClH/c1-3-25-15-7-6-13(19-17(21)11-14(12-18)24-2)10-16(15)26(22,23)20-8-4-5-9-20;/h6-7,10,14H,3-5,8-9,11-12,18H2,1-2H3,(H,19,21);1H. The maximum absolute atomic E-state index is 12.9. The van der Waals surface area contributed by atoms with Crippen LogP contribution in [0.1, 0.15) is 26.2 Å². The van der Waals surface area contributed by atoms with Gasteiger partial charge in [0.15, 0.2) is 0 Å². The third kappa shape index (κ3) is 6.05. The predicted octanol–water partition coefficient (Wildman–Crippen LogP) is 1.59. The molecule has 1 aliphatic heterocycles. The molecule has 0 aliphatic carbocycles. The molecule has 2 rings (SSSR count). The number of methoxy groups -OCH3 is 1. The molecule has 1 amide bonds. The first-order chi connectivity index (χ1) is 12.4. The van der Waals surface area contributed by atoms with Gasteiger partial charge in [-0.25, -0.2) is 8.42 Å². The van der Waals surface area contributed by atoms with Crippen LogP contribution in [-0.4, -0.2) is 58.1 Å². The van der Waals surface area contributed by atoms with E-state index in [1.165, 1.54) is 17.5 Å². The average molecular weight is 422 g/mol. The zero-order chi connectivity index (χ0) is 19.2. The van der Waals surface area contributed by atoms with E-state index in [0.29, 0.717) is 25.4 Å². The van der Waals surface area contributed by atoms with Crippen LogP contribution in [0.2, 0.25) is 0 Å². The fourth-order valence-corrected chi connectivity index (χ4v) is 4.49. The summed E-state index contributed by atoms with van der Waals surface area (Å²) >= 11 is 0. The number of carbonyl (C=O) groups excluding carboxylic acids is 1. The normalized spacial score (nSPS) is 15.8. The van der Waals surface area contributed by atoms with Crippen molar-refractivity contribution in [3.8, 4) is 5.75 Å². The SMILES string of the molecule is CCOc1ccc(NC(=O)CC(CN)OC)cc1S(=O)(=O)N1CCCC1.Cl. The molecule has 154 valence electrons. The van der Waals surface area contributed by atoms with Crippen LogP contribution in [0.25, 0.3) is 0 Å². The lowest BCUT2D eigenvalue weighted by Gasteiger charge is -2.19. The third-order valence-electron chi connectivity index (χ3n) is 4.22. The number of nitrogens with zero attached hydrogens (tertiary/aromatic N) is 1. The highest BCUT2D eigenvalue weighted by atomic mass is 35.5. The predicted molar refractivity (Wildman–Crippen MR) is 106 cm³/mol. The topological polar surface area (TPSA) is 111 Å². The molecule has 0 bridgehead atoms. The van der Waals surface area contributed by atoms with Gasteiger partial charge in [-0.15, -0.1) is 12.4 Å². The van der Waals surface area contributed by atoms with Crippen molar-refractivity contribution >= 4 is 34.0 Å². The molecule has 1 aromatic rings. The summed E-state index contributed by atoms with van der Waals surface area (Å²) in [6, 6.07) is 4.63. The number of nitrogens with two attached hydrogens (primary N) is 1. The number of carbonyl (C=O) groups is 1. The minimum atomic E-state index is -3.67. The Labute approximate surface area is 166 Å². The van der Waals surface area contributed by atoms with Crippen LogP contribution < -0.4 is 15.8 Å². The van der Waals surface area contributed by atoms with Crippen molar-refractivity contribution in [1.29, 1.82) is 0 Å². The molecule has 0 aromatic heterocycles. The van der Waals surface area contributed by atoms with E-state index in [2.05, 4.69) is 5.32 Å². The first-order valence-electron chi connectivity index (χ1n) is 8.72. The van der Waals surface area contributed by atoms with Gasteiger partial charge in [0, 0.05) is 32.4 Å². The fraction of sp³-hybridized carbons (Fsp3) is 0.588. The van der Waals surface area contributed by atoms with Gasteiger partial charge >= 0.3 is 0 Å². The van der Waals surface area contributed by atoms with Gasteiger partial charge in [-0.05, 0) is 38.0 Å². The Morgan fingerprint density at radius 3 is 2.56 bits per heavy atom. The third-order valence-corrected chi connectivity index (χ3v) is 6.14. The van der Waals surface area contributed by atoms with Crippen LogP contribution in [0.3, 0.4) is 0 Å². The lowest BCUT2D eigenvalue weighted by atomic mass is 10.2. The Kier molecular flexibility index (Phi) is 9.48. The molecule has 10 heteroatoms. The van der Waals surface area contributed by atoms with E-state index in [1.54, 1.807) is 19.1 Å². The van der Waals surface area contributed by atoms with Crippen molar-refractivity contribution in [2.45, 2.75) is 37.2 Å². The molecule has 1 fully saturated rings. The molecule has 1 atom stereocenters. The second-order valence-electron chi connectivity index (χ2n) is 6.05. The Morgan fingerprint density at radius 2 is 2.00 bits per heavy atom. The lowest BCUT2D eigenvalue weighted by Crippen LogP contribution is -2.29. The van der Waals surface area contributed by atoms with Gasteiger partial charge in [-0.3, -0.25) is 4.79 Å². The molecule has 0 spiro atoms. The van der Waals surface area contributed by atoms with Crippen LogP contribution in [0, 0.1) is 0 Å². The summed E-state index contributed by atoms with van der Waals surface area (Å²) < 4.78 is 37.9. The van der Waals surface area contributed by atoms with Crippen LogP contribution >= 0.6 is 12.4 Å². The van der Waals surface area contributed by atoms with Gasteiger partial charge in [-0.1, -0.05) is 0 Å². The molecular formula is C17H28ClN3O5S. The number of anilines is 1. The Balaban J connectivity index is 0.00000364. The number of hydrogen-bond acceptors (Lipinski definition) is 6. The Bertz CT molecular complexity index is 719. The van der Waals surface area contributed by atoms with Crippen molar-refractivity contribution < 1.29 is 22.7 Å². The number of benzene rings is 1. The summed E-state index contributed by atoms with van der Waals surface area (Å²) in [5.74, 6) is -0.00916. The monoisotopic (exact) mass is 421 g/mol. The molecule has 1 aliphatic rings. The Morgan fingerprint density at radius 1 is 1.33 bits per heavy atom. The zero-order valence-electron chi connectivity index (χ0n) is 15.6. The van der Waals surface area contributed by atoms with Crippen LogP contribution in [0.4, 0.5) is 5.69 Å². The number of halogens is 1. The van der Waals surface area contributed by atoms with Crippen molar-refractivity contribution in [1.82, 2.24) is 4.31 Å². The second-order valence-corrected chi connectivity index (χ2v) is 7.96. The van der Waals surface area contributed by atoms with E-state index in [0.717, 1.165) is 12.8 Å². The van der Waals surface area contributed by atoms with E-state index in [-0.39, 0.29) is 48.0 Å². The second kappa shape index (κ2) is 10.8. The number of rotatable bonds is 9. The maximum Gasteiger partial charge on any atom is 0.246 e. The van der Waals surface area contributed by atoms with Gasteiger partial charge in [0.05, 0.1) is 19.1 Å². The Hall–Kier alpha value is -1.39. The van der Waals surface area contributed by atoms with Crippen molar-refractivity contribution in [3.63, 3.8) is 0 Å². The van der Waals surface area contributed by atoms with E-state index in [1.807, 2.05) is 0 Å². The van der Waals surface area contributed by atoms with Gasteiger partial charge in [0.1, 0.15) is 10.6 Å². The molecule has 27 heavy (non-hydrogen) atoms. The molecule has 3 N–H and O–H groups in total. The summed E-state index contributed by atoms with van der Waals surface area (Å²) in [6.07, 6.45) is 1.40. The molecule has 1 heterocycles. The highest BCUT2D eigenvalue weighted by Gasteiger charge is 2.30. The maximum atomic E-state index is 12.9. The quantitative estimate of drug-likeness (QED) is 0.626. The van der Waals surface area contributed by atoms with Crippen molar-refractivity contribution in [2.24, 2.45) is 5.73 Å². The smallest absolute Gasteiger partial charge is 0.246 e. The highest BCUT2D eigenvalue weighted by Crippen LogP contribution is 2.31. The first-order valence-corrected chi connectivity index (χ1v) is 10.2. The number of nitrogens with one attached hydrogen (secondary N) is 1. The van der Waals surface area contributed by atoms with E-state index in [9.17, 15) is 13.2 Å². The molecule has 0 radical (unpaired) electrons. The summed E-state index contributed by atoms with van der Waals surface area (Å²) in [6.45, 7) is 3.36. The number of ether oxygens (including phenoxy) is 2. The molecule has 0 saturated carbocycles.